The van der Waals surface area contributed by atoms with Crippen molar-refractivity contribution in [2.45, 2.75) is 12.5 Å². The van der Waals surface area contributed by atoms with Crippen LogP contribution in [-0.2, 0) is 9.53 Å². The highest BCUT2D eigenvalue weighted by Crippen LogP contribution is 2.37. The summed E-state index contributed by atoms with van der Waals surface area (Å²) in [7, 11) is 4.23. The molecule has 27 heavy (non-hydrogen) atoms. The van der Waals surface area contributed by atoms with Crippen molar-refractivity contribution in [3.8, 4) is 11.5 Å². The summed E-state index contributed by atoms with van der Waals surface area (Å²) >= 11 is 0. The van der Waals surface area contributed by atoms with E-state index in [9.17, 15) is 14.4 Å². The number of carbonyl (C=O) groups excluding carboxylic acids is 3. The number of carbonyl (C=O) groups is 3. The first-order valence-electron chi connectivity index (χ1n) is 8.12. The highest BCUT2D eigenvalue weighted by atomic mass is 16.5. The molecule has 3 rings (SSSR count). The molecule has 1 atom stereocenters. The predicted octanol–water partition coefficient (Wildman–Crippen LogP) is 2.00. The van der Waals surface area contributed by atoms with E-state index in [0.717, 1.165) is 4.90 Å². The van der Waals surface area contributed by atoms with Gasteiger partial charge in [0.05, 0.1) is 44.9 Å². The van der Waals surface area contributed by atoms with Crippen LogP contribution in [0.25, 0.3) is 0 Å². The second kappa shape index (κ2) is 7.45. The Morgan fingerprint density at radius 3 is 2.37 bits per heavy atom. The van der Waals surface area contributed by atoms with Crippen molar-refractivity contribution in [1.82, 2.24) is 9.88 Å². The van der Waals surface area contributed by atoms with Crippen molar-refractivity contribution in [3.05, 3.63) is 53.3 Å². The molecule has 2 amide bonds. The molecule has 1 aromatic carbocycles. The monoisotopic (exact) mass is 370 g/mol. The van der Waals surface area contributed by atoms with Gasteiger partial charge in [-0.05, 0) is 23.8 Å². The quantitative estimate of drug-likeness (QED) is 0.567. The summed E-state index contributed by atoms with van der Waals surface area (Å²) in [5.41, 5.74) is 1.00. The lowest BCUT2D eigenvalue weighted by Crippen LogP contribution is -2.35. The smallest absolute Gasteiger partial charge is 0.307 e. The van der Waals surface area contributed by atoms with Gasteiger partial charge in [0.15, 0.2) is 11.5 Å². The Labute approximate surface area is 155 Å². The summed E-state index contributed by atoms with van der Waals surface area (Å²) in [6.07, 6.45) is 2.60. The fourth-order valence-electron chi connectivity index (χ4n) is 3.05. The van der Waals surface area contributed by atoms with Crippen molar-refractivity contribution in [3.63, 3.8) is 0 Å². The van der Waals surface area contributed by atoms with Crippen LogP contribution in [0.2, 0.25) is 0 Å². The number of amides is 2. The second-order valence-corrected chi connectivity index (χ2v) is 5.81. The Morgan fingerprint density at radius 2 is 1.74 bits per heavy atom. The number of rotatable bonds is 6. The molecule has 0 N–H and O–H groups in total. The van der Waals surface area contributed by atoms with E-state index in [2.05, 4.69) is 4.98 Å². The van der Waals surface area contributed by atoms with Crippen LogP contribution >= 0.6 is 0 Å². The summed E-state index contributed by atoms with van der Waals surface area (Å²) in [5, 5.41) is 0. The Hall–Kier alpha value is -3.42. The SMILES string of the molecule is COC(=O)CC(c1ccc(OC)c(OC)c1)N1C(=O)c2ccncc2C1=O. The minimum absolute atomic E-state index is 0.190. The van der Waals surface area contributed by atoms with E-state index in [-0.39, 0.29) is 17.5 Å². The molecule has 0 fully saturated rings. The fourth-order valence-corrected chi connectivity index (χ4v) is 3.05. The summed E-state index contributed by atoms with van der Waals surface area (Å²) in [6.45, 7) is 0. The molecule has 1 aliphatic rings. The van der Waals surface area contributed by atoms with Gasteiger partial charge in [0.2, 0.25) is 0 Å². The normalized spacial score (nSPS) is 14.0. The molecule has 0 bridgehead atoms. The number of ether oxygens (including phenoxy) is 3. The van der Waals surface area contributed by atoms with Crippen molar-refractivity contribution >= 4 is 17.8 Å². The minimum atomic E-state index is -0.857. The van der Waals surface area contributed by atoms with Crippen LogP contribution in [0.4, 0.5) is 0 Å². The number of esters is 1. The van der Waals surface area contributed by atoms with E-state index in [1.807, 2.05) is 0 Å². The molecular formula is C19H18N2O6. The zero-order chi connectivity index (χ0) is 19.6. The van der Waals surface area contributed by atoms with Gasteiger partial charge in [-0.25, -0.2) is 0 Å². The molecule has 1 aromatic heterocycles. The van der Waals surface area contributed by atoms with Crippen LogP contribution in [0.5, 0.6) is 11.5 Å². The number of hydrogen-bond acceptors (Lipinski definition) is 7. The lowest BCUT2D eigenvalue weighted by atomic mass is 10.0. The fraction of sp³-hybridized carbons (Fsp3) is 0.263. The molecule has 0 spiro atoms. The summed E-state index contributed by atoms with van der Waals surface area (Å²) in [6, 6.07) is 5.59. The van der Waals surface area contributed by atoms with Crippen molar-refractivity contribution < 1.29 is 28.6 Å². The van der Waals surface area contributed by atoms with Gasteiger partial charge in [-0.2, -0.15) is 0 Å². The Balaban J connectivity index is 2.07. The van der Waals surface area contributed by atoms with Gasteiger partial charge in [0, 0.05) is 12.4 Å². The van der Waals surface area contributed by atoms with Crippen molar-refractivity contribution in [2.75, 3.05) is 21.3 Å². The van der Waals surface area contributed by atoms with Gasteiger partial charge in [-0.1, -0.05) is 6.07 Å². The first-order valence-corrected chi connectivity index (χ1v) is 8.12. The molecular weight excluding hydrogens is 352 g/mol. The molecule has 0 saturated carbocycles. The molecule has 1 unspecified atom stereocenters. The van der Waals surface area contributed by atoms with Crippen molar-refractivity contribution in [2.24, 2.45) is 0 Å². The third-order valence-corrected chi connectivity index (χ3v) is 4.41. The highest BCUT2D eigenvalue weighted by molar-refractivity contribution is 6.21. The van der Waals surface area contributed by atoms with Gasteiger partial charge < -0.3 is 14.2 Å². The highest BCUT2D eigenvalue weighted by Gasteiger charge is 2.41. The van der Waals surface area contributed by atoms with Crippen LogP contribution < -0.4 is 9.47 Å². The molecule has 0 radical (unpaired) electrons. The van der Waals surface area contributed by atoms with E-state index in [1.165, 1.54) is 39.8 Å². The third-order valence-electron chi connectivity index (χ3n) is 4.41. The zero-order valence-electron chi connectivity index (χ0n) is 15.1. The maximum absolute atomic E-state index is 12.8. The molecule has 0 saturated heterocycles. The molecule has 0 aliphatic carbocycles. The topological polar surface area (TPSA) is 95.0 Å². The van der Waals surface area contributed by atoms with Crippen molar-refractivity contribution in [1.29, 1.82) is 0 Å². The minimum Gasteiger partial charge on any atom is -0.493 e. The molecule has 140 valence electrons. The molecule has 8 nitrogen and oxygen atoms in total. The first-order chi connectivity index (χ1) is 13.0. The van der Waals surface area contributed by atoms with E-state index in [4.69, 9.17) is 14.2 Å². The van der Waals surface area contributed by atoms with E-state index < -0.39 is 23.8 Å². The van der Waals surface area contributed by atoms with E-state index >= 15 is 0 Å². The largest absolute Gasteiger partial charge is 0.493 e. The number of fused-ring (bicyclic) bond motifs is 1. The average Bonchev–Trinajstić information content (AvgIpc) is 2.96. The lowest BCUT2D eigenvalue weighted by molar-refractivity contribution is -0.141. The van der Waals surface area contributed by atoms with Gasteiger partial charge in [0.1, 0.15) is 0 Å². The van der Waals surface area contributed by atoms with Gasteiger partial charge in [-0.3, -0.25) is 24.3 Å². The number of methoxy groups -OCH3 is 3. The summed E-state index contributed by atoms with van der Waals surface area (Å²) < 4.78 is 15.3. The zero-order valence-corrected chi connectivity index (χ0v) is 15.1. The molecule has 2 heterocycles. The number of nitrogens with zero attached hydrogens (tertiary/aromatic N) is 2. The third kappa shape index (κ3) is 3.21. The summed E-state index contributed by atoms with van der Waals surface area (Å²) in [5.74, 6) is -0.634. The summed E-state index contributed by atoms with van der Waals surface area (Å²) in [4.78, 5) is 42.6. The van der Waals surface area contributed by atoms with E-state index in [0.29, 0.717) is 17.1 Å². The van der Waals surface area contributed by atoms with E-state index in [1.54, 1.807) is 18.2 Å². The maximum Gasteiger partial charge on any atom is 0.307 e. The lowest BCUT2D eigenvalue weighted by Gasteiger charge is -2.26. The van der Waals surface area contributed by atoms with Crippen LogP contribution in [-0.4, -0.2) is 49.0 Å². The van der Waals surface area contributed by atoms with Crippen LogP contribution in [0.3, 0.4) is 0 Å². The number of aromatic nitrogens is 1. The van der Waals surface area contributed by atoms with Crippen LogP contribution in [0, 0.1) is 0 Å². The number of hydrogen-bond donors (Lipinski definition) is 0. The molecule has 8 heteroatoms. The number of imide groups is 1. The van der Waals surface area contributed by atoms with Crippen LogP contribution in [0.15, 0.2) is 36.7 Å². The Morgan fingerprint density at radius 1 is 1.04 bits per heavy atom. The average molecular weight is 370 g/mol. The van der Waals surface area contributed by atoms with Gasteiger partial charge in [-0.15, -0.1) is 0 Å². The Kier molecular flexibility index (Phi) is 5.07. The second-order valence-electron chi connectivity index (χ2n) is 5.81. The maximum atomic E-state index is 12.8. The Bertz CT molecular complexity index is 876. The van der Waals surface area contributed by atoms with Crippen LogP contribution in [0.1, 0.15) is 38.7 Å². The first kappa shape index (κ1) is 18.4. The molecule has 1 aliphatic heterocycles. The van der Waals surface area contributed by atoms with Gasteiger partial charge >= 0.3 is 5.97 Å². The van der Waals surface area contributed by atoms with Gasteiger partial charge in [0.25, 0.3) is 11.8 Å². The number of pyridine rings is 1. The standard InChI is InChI=1S/C19H18N2O6/c1-25-15-5-4-11(8-16(15)26-2)14(9-17(22)27-3)21-18(23)12-6-7-20-10-13(12)19(21)24/h4-8,10,14H,9H2,1-3H3. The number of benzene rings is 1. The molecule has 2 aromatic rings. The predicted molar refractivity (Wildman–Crippen MR) is 93.7 cm³/mol.